The summed E-state index contributed by atoms with van der Waals surface area (Å²) in [5, 5.41) is 11.1. The van der Waals surface area contributed by atoms with E-state index in [1.807, 2.05) is 26.0 Å². The van der Waals surface area contributed by atoms with Gasteiger partial charge in [-0.25, -0.2) is 4.98 Å². The number of nitrogens with zero attached hydrogens (tertiary/aromatic N) is 1. The van der Waals surface area contributed by atoms with Gasteiger partial charge in [-0.2, -0.15) is 0 Å². The Morgan fingerprint density at radius 2 is 1.83 bits per heavy atom. The molecule has 1 aromatic carbocycles. The quantitative estimate of drug-likeness (QED) is 0.936. The molecular formula is C17H21NO5. The van der Waals surface area contributed by atoms with E-state index in [-0.39, 0.29) is 0 Å². The van der Waals surface area contributed by atoms with Crippen molar-refractivity contribution in [2.24, 2.45) is 0 Å². The summed E-state index contributed by atoms with van der Waals surface area (Å²) in [5.74, 6) is 2.21. The van der Waals surface area contributed by atoms with E-state index in [2.05, 4.69) is 4.98 Å². The lowest BCUT2D eigenvalue weighted by atomic mass is 9.91. The van der Waals surface area contributed by atoms with E-state index in [4.69, 9.17) is 18.9 Å². The van der Waals surface area contributed by atoms with E-state index in [1.54, 1.807) is 21.3 Å². The number of aromatic nitrogens is 1. The van der Waals surface area contributed by atoms with Gasteiger partial charge in [0.25, 0.3) is 0 Å². The molecule has 0 radical (unpaired) electrons. The highest BCUT2D eigenvalue weighted by Crippen LogP contribution is 2.45. The van der Waals surface area contributed by atoms with Crippen LogP contribution in [0.25, 0.3) is 10.9 Å². The number of ether oxygens (including phenoxy) is 4. The van der Waals surface area contributed by atoms with Crippen LogP contribution in [-0.2, 0) is 6.42 Å². The van der Waals surface area contributed by atoms with Crippen LogP contribution in [0, 0.1) is 0 Å². The molecule has 124 valence electrons. The van der Waals surface area contributed by atoms with Gasteiger partial charge < -0.3 is 24.1 Å². The predicted octanol–water partition coefficient (Wildman–Crippen LogP) is 2.33. The molecule has 1 unspecified atom stereocenters. The van der Waals surface area contributed by atoms with Crippen LogP contribution in [0.5, 0.6) is 23.1 Å². The lowest BCUT2D eigenvalue weighted by Crippen LogP contribution is -2.46. The molecule has 1 N–H and O–H groups in total. The van der Waals surface area contributed by atoms with Crippen LogP contribution in [0.2, 0.25) is 0 Å². The van der Waals surface area contributed by atoms with Crippen molar-refractivity contribution < 1.29 is 24.1 Å². The maximum atomic E-state index is 10.3. The van der Waals surface area contributed by atoms with Gasteiger partial charge in [0.1, 0.15) is 16.9 Å². The molecular weight excluding hydrogens is 298 g/mol. The lowest BCUT2D eigenvalue weighted by Gasteiger charge is -2.36. The number of methoxy groups -OCH3 is 3. The predicted molar refractivity (Wildman–Crippen MR) is 85.8 cm³/mol. The molecule has 0 spiro atoms. The highest BCUT2D eigenvalue weighted by atomic mass is 16.5. The molecule has 0 saturated carbocycles. The van der Waals surface area contributed by atoms with Crippen LogP contribution in [-0.4, -0.2) is 43.1 Å². The zero-order valence-electron chi connectivity index (χ0n) is 14.0. The highest BCUT2D eigenvalue weighted by Gasteiger charge is 2.39. The van der Waals surface area contributed by atoms with Gasteiger partial charge in [0.2, 0.25) is 5.88 Å². The first kappa shape index (κ1) is 15.7. The van der Waals surface area contributed by atoms with Gasteiger partial charge in [-0.05, 0) is 26.0 Å². The fourth-order valence-electron chi connectivity index (χ4n) is 2.89. The van der Waals surface area contributed by atoms with E-state index in [1.165, 1.54) is 0 Å². The topological polar surface area (TPSA) is 70.0 Å². The van der Waals surface area contributed by atoms with Crippen LogP contribution in [0.15, 0.2) is 12.1 Å². The second-order valence-electron chi connectivity index (χ2n) is 6.05. The molecule has 0 bridgehead atoms. The number of fused-ring (bicyclic) bond motifs is 2. The van der Waals surface area contributed by atoms with Crippen LogP contribution in [0.3, 0.4) is 0 Å². The van der Waals surface area contributed by atoms with Gasteiger partial charge >= 0.3 is 0 Å². The fraction of sp³-hybridized carbons (Fsp3) is 0.471. The Morgan fingerprint density at radius 3 is 2.43 bits per heavy atom. The summed E-state index contributed by atoms with van der Waals surface area (Å²) in [6.45, 7) is 3.67. The monoisotopic (exact) mass is 319 g/mol. The summed E-state index contributed by atoms with van der Waals surface area (Å²) < 4.78 is 22.3. The summed E-state index contributed by atoms with van der Waals surface area (Å²) in [6, 6.07) is 3.68. The SMILES string of the molecule is COc1ccc2c(OC)c3c(nc2c1OC)OC(C)(C)C(O)C3. The van der Waals surface area contributed by atoms with Crippen molar-refractivity contribution in [3.8, 4) is 23.1 Å². The largest absolute Gasteiger partial charge is 0.496 e. The van der Waals surface area contributed by atoms with Gasteiger partial charge in [-0.3, -0.25) is 0 Å². The number of hydrogen-bond acceptors (Lipinski definition) is 6. The standard InChI is InChI=1S/C17H21NO5/c1-17(2)12(19)8-10-14(21-4)9-6-7-11(20-3)15(22-5)13(9)18-16(10)23-17/h6-7,12,19H,8H2,1-5H3. The van der Waals surface area contributed by atoms with Crippen molar-refractivity contribution in [1.82, 2.24) is 4.98 Å². The molecule has 0 saturated heterocycles. The molecule has 1 atom stereocenters. The van der Waals surface area contributed by atoms with Crippen LogP contribution >= 0.6 is 0 Å². The first-order valence-corrected chi connectivity index (χ1v) is 7.41. The van der Waals surface area contributed by atoms with Crippen LogP contribution in [0.4, 0.5) is 0 Å². The van der Waals surface area contributed by atoms with Gasteiger partial charge in [-0.1, -0.05) is 0 Å². The Morgan fingerprint density at radius 1 is 1.13 bits per heavy atom. The molecule has 0 fully saturated rings. The molecule has 1 aliphatic heterocycles. The van der Waals surface area contributed by atoms with E-state index in [0.29, 0.717) is 35.1 Å². The average molecular weight is 319 g/mol. The summed E-state index contributed by atoms with van der Waals surface area (Å²) in [4.78, 5) is 4.62. The number of aliphatic hydroxyl groups is 1. The van der Waals surface area contributed by atoms with Gasteiger partial charge in [-0.15, -0.1) is 0 Å². The Labute approximate surface area is 134 Å². The molecule has 2 aromatic rings. The van der Waals surface area contributed by atoms with Crippen molar-refractivity contribution in [1.29, 1.82) is 0 Å². The zero-order valence-corrected chi connectivity index (χ0v) is 14.0. The minimum Gasteiger partial charge on any atom is -0.496 e. The second kappa shape index (κ2) is 5.45. The van der Waals surface area contributed by atoms with E-state index in [9.17, 15) is 5.11 Å². The van der Waals surface area contributed by atoms with E-state index >= 15 is 0 Å². The minimum atomic E-state index is -0.717. The fourth-order valence-corrected chi connectivity index (χ4v) is 2.89. The molecule has 1 aliphatic rings. The number of benzene rings is 1. The van der Waals surface area contributed by atoms with Crippen molar-refractivity contribution >= 4 is 10.9 Å². The van der Waals surface area contributed by atoms with Crippen LogP contribution in [0.1, 0.15) is 19.4 Å². The summed E-state index contributed by atoms with van der Waals surface area (Å²) in [6.07, 6.45) is -0.216. The zero-order chi connectivity index (χ0) is 16.8. The van der Waals surface area contributed by atoms with E-state index < -0.39 is 11.7 Å². The maximum absolute atomic E-state index is 10.3. The molecule has 6 nitrogen and oxygen atoms in total. The van der Waals surface area contributed by atoms with Gasteiger partial charge in [0.05, 0.1) is 33.0 Å². The van der Waals surface area contributed by atoms with Crippen molar-refractivity contribution in [3.05, 3.63) is 17.7 Å². The summed E-state index contributed by atoms with van der Waals surface area (Å²) >= 11 is 0. The van der Waals surface area contributed by atoms with Crippen molar-refractivity contribution in [2.45, 2.75) is 32.0 Å². The number of hydrogen-bond donors (Lipinski definition) is 1. The molecule has 1 aromatic heterocycles. The Balaban J connectivity index is 2.33. The molecule has 2 heterocycles. The van der Waals surface area contributed by atoms with Crippen molar-refractivity contribution in [2.75, 3.05) is 21.3 Å². The third kappa shape index (κ3) is 2.34. The third-order valence-corrected chi connectivity index (χ3v) is 4.27. The Kier molecular flexibility index (Phi) is 3.72. The molecule has 0 amide bonds. The van der Waals surface area contributed by atoms with Gasteiger partial charge in [0, 0.05) is 11.8 Å². The summed E-state index contributed by atoms with van der Waals surface area (Å²) in [5.41, 5.74) is 0.652. The first-order chi connectivity index (χ1) is 10.9. The molecule has 3 rings (SSSR count). The first-order valence-electron chi connectivity index (χ1n) is 7.41. The average Bonchev–Trinajstić information content (AvgIpc) is 2.52. The normalized spacial score (nSPS) is 19.0. The smallest absolute Gasteiger partial charge is 0.221 e. The number of rotatable bonds is 3. The van der Waals surface area contributed by atoms with E-state index in [0.717, 1.165) is 10.9 Å². The lowest BCUT2D eigenvalue weighted by molar-refractivity contribution is -0.0445. The Bertz CT molecular complexity index is 756. The highest BCUT2D eigenvalue weighted by molar-refractivity contribution is 5.94. The molecule has 6 heteroatoms. The van der Waals surface area contributed by atoms with Crippen molar-refractivity contribution in [3.63, 3.8) is 0 Å². The van der Waals surface area contributed by atoms with Crippen LogP contribution < -0.4 is 18.9 Å². The minimum absolute atomic E-state index is 0.419. The number of pyridine rings is 1. The maximum Gasteiger partial charge on any atom is 0.221 e. The Hall–Kier alpha value is -2.21. The van der Waals surface area contributed by atoms with Gasteiger partial charge in [0.15, 0.2) is 11.5 Å². The molecule has 0 aliphatic carbocycles. The number of aliphatic hydroxyl groups excluding tert-OH is 1. The summed E-state index contributed by atoms with van der Waals surface area (Å²) in [7, 11) is 4.74. The third-order valence-electron chi connectivity index (χ3n) is 4.27. The second-order valence-corrected chi connectivity index (χ2v) is 6.05. The molecule has 23 heavy (non-hydrogen) atoms.